The number of pyridine rings is 1. The third-order valence-electron chi connectivity index (χ3n) is 10.7. The van der Waals surface area contributed by atoms with Gasteiger partial charge in [0.25, 0.3) is 0 Å². The minimum Gasteiger partial charge on any atom is -0.372 e. The molecule has 3 aliphatic heterocycles. The van der Waals surface area contributed by atoms with Crippen molar-refractivity contribution in [1.82, 2.24) is 35.0 Å². The fourth-order valence-electron chi connectivity index (χ4n) is 7.65. The van der Waals surface area contributed by atoms with Gasteiger partial charge in [0, 0.05) is 69.8 Å². The van der Waals surface area contributed by atoms with Gasteiger partial charge in [0.15, 0.2) is 5.01 Å². The van der Waals surface area contributed by atoms with E-state index in [4.69, 9.17) is 4.98 Å². The lowest BCUT2D eigenvalue weighted by atomic mass is 9.90. The first-order valence-electron chi connectivity index (χ1n) is 18.4. The molecule has 0 aliphatic carbocycles. The maximum atomic E-state index is 12.3. The molecule has 54 heavy (non-hydrogen) atoms. The predicted octanol–water partition coefficient (Wildman–Crippen LogP) is 4.67. The molecule has 3 fully saturated rings. The minimum atomic E-state index is -0.439. The summed E-state index contributed by atoms with van der Waals surface area (Å²) in [5, 5.41) is 39.8. The highest BCUT2D eigenvalue weighted by Crippen LogP contribution is 2.36. The molecule has 0 spiro atoms. The molecule has 2 N–H and O–H groups in total. The lowest BCUT2D eigenvalue weighted by molar-refractivity contribution is -0.134. The van der Waals surface area contributed by atoms with Crippen LogP contribution in [-0.4, -0.2) is 93.4 Å². The molecule has 0 unspecified atom stereocenters. The highest BCUT2D eigenvalue weighted by molar-refractivity contribution is 7.18. The van der Waals surface area contributed by atoms with Gasteiger partial charge >= 0.3 is 0 Å². The SMILES string of the molecule is C[C@H](C#N)Nc1cc(-c2ccc3cc(C#N)cnn23)ncc1-c1nnc(N2CCN(CC3CCN(c4ccc([C@H]5CCC(=O)NC5=O)cc4)CC3)CC2)s1. The number of hydrogen-bond donors (Lipinski definition) is 2. The van der Waals surface area contributed by atoms with Gasteiger partial charge in [-0.15, -0.1) is 10.2 Å². The van der Waals surface area contributed by atoms with Crippen molar-refractivity contribution in [2.75, 3.05) is 60.9 Å². The van der Waals surface area contributed by atoms with Crippen molar-refractivity contribution < 1.29 is 9.59 Å². The number of piperazine rings is 1. The molecular weight excluding hydrogens is 701 g/mol. The van der Waals surface area contributed by atoms with Gasteiger partial charge < -0.3 is 15.1 Å². The minimum absolute atomic E-state index is 0.184. The van der Waals surface area contributed by atoms with E-state index in [2.05, 4.69) is 64.9 Å². The Morgan fingerprint density at radius 1 is 0.944 bits per heavy atom. The highest BCUT2D eigenvalue weighted by Gasteiger charge is 2.29. The first-order chi connectivity index (χ1) is 26.3. The lowest BCUT2D eigenvalue weighted by Crippen LogP contribution is -2.49. The molecule has 7 heterocycles. The highest BCUT2D eigenvalue weighted by atomic mass is 32.1. The first-order valence-corrected chi connectivity index (χ1v) is 19.2. The summed E-state index contributed by atoms with van der Waals surface area (Å²) in [6.45, 7) is 8.61. The molecular formula is C39H40N12O2S. The van der Waals surface area contributed by atoms with Crippen LogP contribution < -0.4 is 20.4 Å². The van der Waals surface area contributed by atoms with Crippen molar-refractivity contribution in [3.63, 3.8) is 0 Å². The molecule has 0 radical (unpaired) electrons. The van der Waals surface area contributed by atoms with Gasteiger partial charge in [0.1, 0.15) is 12.1 Å². The molecule has 3 saturated heterocycles. The number of carbonyl (C=O) groups excluding carboxylic acids is 2. The van der Waals surface area contributed by atoms with Crippen LogP contribution in [0.15, 0.2) is 60.9 Å². The van der Waals surface area contributed by atoms with E-state index >= 15 is 0 Å². The first kappa shape index (κ1) is 35.1. The summed E-state index contributed by atoms with van der Waals surface area (Å²) < 4.78 is 1.75. The summed E-state index contributed by atoms with van der Waals surface area (Å²) in [4.78, 5) is 35.9. The number of fused-ring (bicyclic) bond motifs is 1. The number of benzene rings is 1. The van der Waals surface area contributed by atoms with Crippen molar-refractivity contribution in [3.05, 3.63) is 72.1 Å². The van der Waals surface area contributed by atoms with Crippen LogP contribution in [0.5, 0.6) is 0 Å². The van der Waals surface area contributed by atoms with Gasteiger partial charge in [-0.25, -0.2) is 4.52 Å². The Kier molecular flexibility index (Phi) is 9.91. The Labute approximate surface area is 317 Å². The van der Waals surface area contributed by atoms with Gasteiger partial charge in [-0.1, -0.05) is 23.5 Å². The number of imide groups is 1. The van der Waals surface area contributed by atoms with Crippen LogP contribution in [0.4, 0.5) is 16.5 Å². The lowest BCUT2D eigenvalue weighted by Gasteiger charge is -2.39. The fraction of sp³-hybridized carbons (Fsp3) is 0.385. The Morgan fingerprint density at radius 2 is 1.74 bits per heavy atom. The van der Waals surface area contributed by atoms with Crippen molar-refractivity contribution in [2.45, 2.75) is 44.6 Å². The second kappa shape index (κ2) is 15.2. The summed E-state index contributed by atoms with van der Waals surface area (Å²) >= 11 is 1.53. The number of nitrogens with zero attached hydrogens (tertiary/aromatic N) is 10. The van der Waals surface area contributed by atoms with E-state index < -0.39 is 6.04 Å². The fourth-order valence-corrected chi connectivity index (χ4v) is 8.57. The van der Waals surface area contributed by atoms with E-state index in [9.17, 15) is 20.1 Å². The number of aromatic nitrogens is 5. The van der Waals surface area contributed by atoms with Crippen LogP contribution >= 0.6 is 11.3 Å². The summed E-state index contributed by atoms with van der Waals surface area (Å²) in [6.07, 6.45) is 6.54. The van der Waals surface area contributed by atoms with Crippen LogP contribution in [0.25, 0.3) is 27.5 Å². The number of nitrogens with one attached hydrogen (secondary N) is 2. The summed E-state index contributed by atoms with van der Waals surface area (Å²) in [7, 11) is 0. The molecule has 4 aromatic heterocycles. The average Bonchev–Trinajstić information content (AvgIpc) is 3.86. The Bertz CT molecular complexity index is 2260. The van der Waals surface area contributed by atoms with E-state index in [0.717, 1.165) is 96.8 Å². The topological polar surface area (TPSA) is 171 Å². The van der Waals surface area contributed by atoms with Crippen LogP contribution in [0, 0.1) is 28.6 Å². The van der Waals surface area contributed by atoms with Gasteiger partial charge in [-0.2, -0.15) is 15.6 Å². The number of anilines is 3. The van der Waals surface area contributed by atoms with Crippen molar-refractivity contribution in [2.24, 2.45) is 5.92 Å². The van der Waals surface area contributed by atoms with Gasteiger partial charge in [0.2, 0.25) is 16.9 Å². The van der Waals surface area contributed by atoms with Crippen molar-refractivity contribution >= 4 is 45.2 Å². The normalized spacial score (nSPS) is 19.0. The largest absolute Gasteiger partial charge is 0.372 e. The number of piperidine rings is 2. The van der Waals surface area contributed by atoms with Gasteiger partial charge in [-0.3, -0.25) is 24.8 Å². The van der Waals surface area contributed by atoms with E-state index in [1.165, 1.54) is 23.2 Å². The van der Waals surface area contributed by atoms with Crippen LogP contribution in [0.2, 0.25) is 0 Å². The van der Waals surface area contributed by atoms with E-state index in [0.29, 0.717) is 30.0 Å². The standard InChI is InChI=1S/C39H40N12O2S/c1-25(20-40)44-33-19-34(35-8-6-30-18-27(21-41)22-43-51(30)35)42-23-32(33)38-46-47-39(54-38)50-16-14-48(15-17-50)24-26-10-12-49(13-11-26)29-4-2-28(3-5-29)31-7-9-36(52)45-37(31)53/h2-6,8,18-19,22-23,25-26,31H,7,9-17,24H2,1H3,(H,42,44)(H,45,52,53)/t25-,31-/m1/s1. The van der Waals surface area contributed by atoms with E-state index in [1.54, 1.807) is 23.7 Å². The monoisotopic (exact) mass is 740 g/mol. The van der Waals surface area contributed by atoms with Crippen molar-refractivity contribution in [1.29, 1.82) is 10.5 Å². The molecule has 8 rings (SSSR count). The summed E-state index contributed by atoms with van der Waals surface area (Å²) in [5.74, 6) is 0.0206. The molecule has 274 valence electrons. The predicted molar refractivity (Wildman–Crippen MR) is 206 cm³/mol. The van der Waals surface area contributed by atoms with Gasteiger partial charge in [0.05, 0.1) is 46.2 Å². The van der Waals surface area contributed by atoms with Crippen LogP contribution in [-0.2, 0) is 9.59 Å². The molecule has 0 bridgehead atoms. The summed E-state index contributed by atoms with van der Waals surface area (Å²) in [5.41, 5.74) is 6.40. The molecule has 2 atom stereocenters. The molecule has 0 saturated carbocycles. The number of amides is 2. The van der Waals surface area contributed by atoms with Gasteiger partial charge in [-0.05, 0) is 74.1 Å². The number of rotatable bonds is 9. The third kappa shape index (κ3) is 7.33. The molecule has 2 amide bonds. The van der Waals surface area contributed by atoms with Crippen LogP contribution in [0.3, 0.4) is 0 Å². The molecule has 5 aromatic rings. The number of carbonyl (C=O) groups is 2. The number of hydrogen-bond acceptors (Lipinski definition) is 13. The average molecular weight is 741 g/mol. The molecule has 3 aliphatic rings. The van der Waals surface area contributed by atoms with Crippen molar-refractivity contribution in [3.8, 4) is 34.1 Å². The third-order valence-corrected chi connectivity index (χ3v) is 11.7. The maximum absolute atomic E-state index is 12.3. The van der Waals surface area contributed by atoms with Crippen LogP contribution in [0.1, 0.15) is 49.7 Å². The molecule has 14 nitrogen and oxygen atoms in total. The maximum Gasteiger partial charge on any atom is 0.234 e. The Balaban J connectivity index is 0.862. The summed E-state index contributed by atoms with van der Waals surface area (Å²) in [6, 6.07) is 19.8. The molecule has 1 aromatic carbocycles. The smallest absolute Gasteiger partial charge is 0.234 e. The Morgan fingerprint density at radius 3 is 2.48 bits per heavy atom. The zero-order valence-corrected chi connectivity index (χ0v) is 30.8. The second-order valence-corrected chi connectivity index (χ2v) is 15.2. The number of nitriles is 2. The van der Waals surface area contributed by atoms with E-state index in [1.807, 2.05) is 30.3 Å². The zero-order chi connectivity index (χ0) is 37.2. The quantitative estimate of drug-likeness (QED) is 0.201. The Hall–Kier alpha value is -5.90. The zero-order valence-electron chi connectivity index (χ0n) is 30.0. The van der Waals surface area contributed by atoms with E-state index in [-0.39, 0.29) is 17.7 Å². The second-order valence-electron chi connectivity index (χ2n) is 14.2. The molecule has 15 heteroatoms.